The van der Waals surface area contributed by atoms with Crippen LogP contribution in [0, 0.1) is 13.8 Å². The van der Waals surface area contributed by atoms with Crippen molar-refractivity contribution in [3.8, 4) is 0 Å². The second kappa shape index (κ2) is 4.76. The van der Waals surface area contributed by atoms with Gasteiger partial charge in [-0.2, -0.15) is 0 Å². The Morgan fingerprint density at radius 3 is 2.44 bits per heavy atom. The van der Waals surface area contributed by atoms with E-state index in [0.29, 0.717) is 23.2 Å². The van der Waals surface area contributed by atoms with Gasteiger partial charge in [-0.25, -0.2) is 15.6 Å². The molecule has 0 aliphatic rings. The average Bonchev–Trinajstić information content (AvgIpc) is 2.29. The van der Waals surface area contributed by atoms with E-state index < -0.39 is 5.97 Å². The highest BCUT2D eigenvalue weighted by molar-refractivity contribution is 6.00. The molecule has 86 valence electrons. The van der Waals surface area contributed by atoms with Gasteiger partial charge in [0.2, 0.25) is 6.41 Å². The number of benzene rings is 1. The van der Waals surface area contributed by atoms with E-state index in [4.69, 9.17) is 5.84 Å². The Bertz CT molecular complexity index is 429. The number of ether oxygens (including phenoxy) is 1. The average molecular weight is 222 g/mol. The van der Waals surface area contributed by atoms with E-state index in [0.717, 1.165) is 10.6 Å². The molecule has 0 saturated carbocycles. The lowest BCUT2D eigenvalue weighted by molar-refractivity contribution is -0.107. The third-order valence-electron chi connectivity index (χ3n) is 2.35. The second-order valence-corrected chi connectivity index (χ2v) is 3.43. The fraction of sp³-hybridized carbons (Fsp3) is 0.273. The second-order valence-electron chi connectivity index (χ2n) is 3.43. The number of hydrogen-bond donors (Lipinski definition) is 1. The van der Waals surface area contributed by atoms with E-state index in [2.05, 4.69) is 4.74 Å². The first kappa shape index (κ1) is 12.2. The summed E-state index contributed by atoms with van der Waals surface area (Å²) in [5, 5.41) is 0.884. The molecule has 0 spiro atoms. The van der Waals surface area contributed by atoms with E-state index in [-0.39, 0.29) is 0 Å². The molecule has 16 heavy (non-hydrogen) atoms. The number of methoxy groups -OCH3 is 1. The molecule has 0 radical (unpaired) electrons. The minimum absolute atomic E-state index is 0.317. The minimum Gasteiger partial charge on any atom is -0.465 e. The van der Waals surface area contributed by atoms with Gasteiger partial charge < -0.3 is 4.74 Å². The number of carbonyl (C=O) groups excluding carboxylic acids is 2. The zero-order chi connectivity index (χ0) is 12.3. The topological polar surface area (TPSA) is 72.6 Å². The number of nitrogens with two attached hydrogens (primary N) is 1. The van der Waals surface area contributed by atoms with E-state index in [1.54, 1.807) is 26.0 Å². The lowest BCUT2D eigenvalue weighted by atomic mass is 10.0. The van der Waals surface area contributed by atoms with E-state index >= 15 is 0 Å². The summed E-state index contributed by atoms with van der Waals surface area (Å²) in [5.41, 5.74) is 2.14. The monoisotopic (exact) mass is 222 g/mol. The van der Waals surface area contributed by atoms with Crippen LogP contribution < -0.4 is 10.9 Å². The van der Waals surface area contributed by atoms with Crippen LogP contribution in [0.3, 0.4) is 0 Å². The number of nitrogens with zero attached hydrogens (tertiary/aromatic N) is 1. The standard InChI is InChI=1S/C11H14N2O3/c1-7-4-5-8(2)10(13(12)6-14)9(7)11(15)16-3/h4-6H,12H2,1-3H3. The number of esters is 1. The van der Waals surface area contributed by atoms with E-state index in [1.807, 2.05) is 0 Å². The number of carbonyl (C=O) groups is 2. The summed E-state index contributed by atoms with van der Waals surface area (Å²) in [6.07, 6.45) is 0.453. The lowest BCUT2D eigenvalue weighted by Gasteiger charge is -2.18. The van der Waals surface area contributed by atoms with Crippen LogP contribution in [0.15, 0.2) is 12.1 Å². The molecular weight excluding hydrogens is 208 g/mol. The molecule has 5 nitrogen and oxygen atoms in total. The maximum absolute atomic E-state index is 11.6. The lowest BCUT2D eigenvalue weighted by Crippen LogP contribution is -2.31. The van der Waals surface area contributed by atoms with Crippen molar-refractivity contribution in [2.45, 2.75) is 13.8 Å². The third-order valence-corrected chi connectivity index (χ3v) is 2.35. The summed E-state index contributed by atoms with van der Waals surface area (Å²) in [6, 6.07) is 3.57. The van der Waals surface area contributed by atoms with Crippen molar-refractivity contribution in [2.75, 3.05) is 12.1 Å². The van der Waals surface area contributed by atoms with Gasteiger partial charge in [0.15, 0.2) is 0 Å². The van der Waals surface area contributed by atoms with Gasteiger partial charge >= 0.3 is 5.97 Å². The number of hydrazine groups is 1. The first-order chi connectivity index (χ1) is 7.52. The van der Waals surface area contributed by atoms with Gasteiger partial charge in [0.1, 0.15) is 0 Å². The Balaban J connectivity index is 3.48. The zero-order valence-corrected chi connectivity index (χ0v) is 9.48. The fourth-order valence-electron chi connectivity index (χ4n) is 1.54. The zero-order valence-electron chi connectivity index (χ0n) is 9.48. The maximum atomic E-state index is 11.6. The Labute approximate surface area is 93.8 Å². The predicted octanol–water partition coefficient (Wildman–Crippen LogP) is 0.927. The molecule has 0 atom stereocenters. The van der Waals surface area contributed by atoms with Gasteiger partial charge in [0.05, 0.1) is 18.4 Å². The van der Waals surface area contributed by atoms with Crippen molar-refractivity contribution in [2.24, 2.45) is 5.84 Å². The van der Waals surface area contributed by atoms with Crippen LogP contribution in [-0.2, 0) is 9.53 Å². The Hall–Kier alpha value is -1.88. The molecule has 1 rings (SSSR count). The molecule has 0 unspecified atom stereocenters. The van der Waals surface area contributed by atoms with E-state index in [1.165, 1.54) is 7.11 Å². The molecule has 1 amide bonds. The quantitative estimate of drug-likeness (QED) is 0.271. The van der Waals surface area contributed by atoms with Crippen molar-refractivity contribution >= 4 is 18.1 Å². The Morgan fingerprint density at radius 2 is 1.94 bits per heavy atom. The third kappa shape index (κ3) is 2.04. The highest BCUT2D eigenvalue weighted by atomic mass is 16.5. The number of aryl methyl sites for hydroxylation is 2. The van der Waals surface area contributed by atoms with Gasteiger partial charge in [-0.15, -0.1) is 0 Å². The summed E-state index contributed by atoms with van der Waals surface area (Å²) >= 11 is 0. The molecule has 0 fully saturated rings. The van der Waals surface area contributed by atoms with Crippen LogP contribution in [0.2, 0.25) is 0 Å². The summed E-state index contributed by atoms with van der Waals surface area (Å²) in [5.74, 6) is 5.01. The van der Waals surface area contributed by atoms with Crippen molar-refractivity contribution < 1.29 is 14.3 Å². The van der Waals surface area contributed by atoms with Crippen LogP contribution in [-0.4, -0.2) is 19.5 Å². The first-order valence-electron chi connectivity index (χ1n) is 4.70. The van der Waals surface area contributed by atoms with Gasteiger partial charge in [-0.1, -0.05) is 12.1 Å². The van der Waals surface area contributed by atoms with Crippen LogP contribution in [0.1, 0.15) is 21.5 Å². The molecule has 0 bridgehead atoms. The molecule has 0 heterocycles. The van der Waals surface area contributed by atoms with Crippen molar-refractivity contribution in [1.82, 2.24) is 0 Å². The van der Waals surface area contributed by atoms with Crippen molar-refractivity contribution in [1.29, 1.82) is 0 Å². The normalized spacial score (nSPS) is 9.75. The molecule has 2 N–H and O–H groups in total. The van der Waals surface area contributed by atoms with Crippen molar-refractivity contribution in [3.05, 3.63) is 28.8 Å². The van der Waals surface area contributed by atoms with Gasteiger partial charge in [0, 0.05) is 0 Å². The van der Waals surface area contributed by atoms with Crippen molar-refractivity contribution in [3.63, 3.8) is 0 Å². The van der Waals surface area contributed by atoms with Gasteiger partial charge in [-0.05, 0) is 25.0 Å². The summed E-state index contributed by atoms with van der Waals surface area (Å²) < 4.78 is 4.67. The van der Waals surface area contributed by atoms with Crippen LogP contribution in [0.5, 0.6) is 0 Å². The fourth-order valence-corrected chi connectivity index (χ4v) is 1.54. The highest BCUT2D eigenvalue weighted by Crippen LogP contribution is 2.26. The maximum Gasteiger partial charge on any atom is 0.340 e. The molecule has 1 aromatic carbocycles. The van der Waals surface area contributed by atoms with Gasteiger partial charge in [-0.3, -0.25) is 4.79 Å². The highest BCUT2D eigenvalue weighted by Gasteiger charge is 2.19. The molecule has 0 saturated heterocycles. The number of anilines is 1. The molecule has 0 aliphatic heterocycles. The smallest absolute Gasteiger partial charge is 0.340 e. The molecular formula is C11H14N2O3. The number of amides is 1. The largest absolute Gasteiger partial charge is 0.465 e. The SMILES string of the molecule is COC(=O)c1c(C)ccc(C)c1N(N)C=O. The molecule has 5 heteroatoms. The summed E-state index contributed by atoms with van der Waals surface area (Å²) in [7, 11) is 1.29. The Kier molecular flexibility index (Phi) is 3.63. The van der Waals surface area contributed by atoms with Gasteiger partial charge in [0.25, 0.3) is 0 Å². The molecule has 1 aromatic rings. The molecule has 0 aliphatic carbocycles. The Morgan fingerprint density at radius 1 is 1.38 bits per heavy atom. The minimum atomic E-state index is -0.506. The predicted molar refractivity (Wildman–Crippen MR) is 60.0 cm³/mol. The van der Waals surface area contributed by atoms with Crippen LogP contribution in [0.4, 0.5) is 5.69 Å². The van der Waals surface area contributed by atoms with Crippen LogP contribution >= 0.6 is 0 Å². The molecule has 0 aromatic heterocycles. The van der Waals surface area contributed by atoms with Crippen LogP contribution in [0.25, 0.3) is 0 Å². The summed E-state index contributed by atoms with van der Waals surface area (Å²) in [4.78, 5) is 22.3. The van der Waals surface area contributed by atoms with E-state index in [9.17, 15) is 9.59 Å². The number of rotatable bonds is 3. The number of hydrogen-bond acceptors (Lipinski definition) is 4. The summed E-state index contributed by atoms with van der Waals surface area (Å²) in [6.45, 7) is 3.53. The first-order valence-corrected chi connectivity index (χ1v) is 4.70.